The van der Waals surface area contributed by atoms with E-state index in [2.05, 4.69) is 25.9 Å². The molecule has 2 rings (SSSR count). The number of aryl methyl sites for hydroxylation is 2. The zero-order chi connectivity index (χ0) is 12.4. The molecule has 0 saturated heterocycles. The van der Waals surface area contributed by atoms with Gasteiger partial charge in [0, 0.05) is 17.5 Å². The largest absolute Gasteiger partial charge is 0.445 e. The minimum Gasteiger partial charge on any atom is -0.445 e. The van der Waals surface area contributed by atoms with Gasteiger partial charge in [-0.05, 0) is 47.6 Å². The predicted molar refractivity (Wildman–Crippen MR) is 67.4 cm³/mol. The van der Waals surface area contributed by atoms with Gasteiger partial charge in [-0.25, -0.2) is 9.97 Å². The van der Waals surface area contributed by atoms with E-state index in [1.165, 1.54) is 11.8 Å². The Kier molecular flexibility index (Phi) is 3.63. The maximum atomic E-state index is 10.6. The first-order chi connectivity index (χ1) is 8.08. The lowest BCUT2D eigenvalue weighted by Gasteiger charge is -2.00. The van der Waals surface area contributed by atoms with Crippen molar-refractivity contribution in [2.75, 3.05) is 0 Å². The number of furan rings is 1. The Bertz CT molecular complexity index is 548. The van der Waals surface area contributed by atoms with Crippen LogP contribution in [0.5, 0.6) is 0 Å². The van der Waals surface area contributed by atoms with Crippen LogP contribution in [0, 0.1) is 13.8 Å². The number of rotatable bonds is 3. The van der Waals surface area contributed by atoms with Gasteiger partial charge in [-0.15, -0.1) is 0 Å². The van der Waals surface area contributed by atoms with E-state index in [-0.39, 0.29) is 5.76 Å². The van der Waals surface area contributed by atoms with Gasteiger partial charge in [-0.3, -0.25) is 4.79 Å². The van der Waals surface area contributed by atoms with Gasteiger partial charge < -0.3 is 4.42 Å². The van der Waals surface area contributed by atoms with Gasteiger partial charge in [0.2, 0.25) is 0 Å². The van der Waals surface area contributed by atoms with Gasteiger partial charge in [0.25, 0.3) is 0 Å². The fraction of sp³-hybridized carbons (Fsp3) is 0.182. The standard InChI is InChI=1S/C11H9BrN2O2S/c1-6-3-7(2)14-11(13-6)17-10-9(12)4-8(5-15)16-10/h3-5H,1-2H3. The van der Waals surface area contributed by atoms with Crippen molar-refractivity contribution >= 4 is 34.0 Å². The van der Waals surface area contributed by atoms with E-state index in [4.69, 9.17) is 4.42 Å². The minimum absolute atomic E-state index is 0.281. The van der Waals surface area contributed by atoms with E-state index < -0.39 is 0 Å². The second-order valence-electron chi connectivity index (χ2n) is 3.44. The van der Waals surface area contributed by atoms with E-state index in [0.717, 1.165) is 15.9 Å². The van der Waals surface area contributed by atoms with Gasteiger partial charge in [0.05, 0.1) is 4.47 Å². The number of nitrogens with zero attached hydrogens (tertiary/aromatic N) is 2. The van der Waals surface area contributed by atoms with E-state index in [1.807, 2.05) is 19.9 Å². The van der Waals surface area contributed by atoms with Gasteiger partial charge in [-0.2, -0.15) is 0 Å². The molecule has 2 aromatic heterocycles. The highest BCUT2D eigenvalue weighted by atomic mass is 79.9. The predicted octanol–water partition coefficient (Wildman–Crippen LogP) is 3.41. The molecule has 0 fully saturated rings. The second-order valence-corrected chi connectivity index (χ2v) is 5.23. The molecule has 4 nitrogen and oxygen atoms in total. The topological polar surface area (TPSA) is 56.0 Å². The lowest BCUT2D eigenvalue weighted by atomic mass is 10.4. The van der Waals surface area contributed by atoms with Crippen LogP contribution in [-0.4, -0.2) is 16.3 Å². The van der Waals surface area contributed by atoms with E-state index in [0.29, 0.717) is 16.5 Å². The monoisotopic (exact) mass is 312 g/mol. The number of hydrogen-bond acceptors (Lipinski definition) is 5. The summed E-state index contributed by atoms with van der Waals surface area (Å²) in [4.78, 5) is 19.2. The van der Waals surface area contributed by atoms with Crippen LogP contribution in [0.2, 0.25) is 0 Å². The molecule has 2 aromatic rings. The number of halogens is 1. The van der Waals surface area contributed by atoms with Crippen LogP contribution in [-0.2, 0) is 0 Å². The third-order valence-corrected chi connectivity index (χ3v) is 3.64. The van der Waals surface area contributed by atoms with Crippen LogP contribution in [0.4, 0.5) is 0 Å². The highest BCUT2D eigenvalue weighted by Crippen LogP contribution is 2.33. The summed E-state index contributed by atoms with van der Waals surface area (Å²) in [7, 11) is 0. The zero-order valence-electron chi connectivity index (χ0n) is 9.23. The highest BCUT2D eigenvalue weighted by Gasteiger charge is 2.12. The molecule has 0 bridgehead atoms. The van der Waals surface area contributed by atoms with Gasteiger partial charge >= 0.3 is 0 Å². The summed E-state index contributed by atoms with van der Waals surface area (Å²) in [5, 5.41) is 1.19. The van der Waals surface area contributed by atoms with E-state index in [9.17, 15) is 4.79 Å². The molecule has 0 unspecified atom stereocenters. The van der Waals surface area contributed by atoms with Crippen molar-refractivity contribution in [1.29, 1.82) is 0 Å². The molecule has 6 heteroatoms. The van der Waals surface area contributed by atoms with Crippen LogP contribution in [0.3, 0.4) is 0 Å². The molecular weight excluding hydrogens is 304 g/mol. The van der Waals surface area contributed by atoms with Crippen molar-refractivity contribution in [3.63, 3.8) is 0 Å². The number of aromatic nitrogens is 2. The third kappa shape index (κ3) is 2.95. The van der Waals surface area contributed by atoms with Crippen molar-refractivity contribution < 1.29 is 9.21 Å². The summed E-state index contributed by atoms with van der Waals surface area (Å²) < 4.78 is 6.04. The van der Waals surface area contributed by atoms with Crippen molar-refractivity contribution in [3.8, 4) is 0 Å². The normalized spacial score (nSPS) is 10.5. The molecule has 0 amide bonds. The van der Waals surface area contributed by atoms with Crippen molar-refractivity contribution in [2.24, 2.45) is 0 Å². The molecule has 0 aromatic carbocycles. The average molecular weight is 313 g/mol. The SMILES string of the molecule is Cc1cc(C)nc(Sc2oc(C=O)cc2Br)n1. The lowest BCUT2D eigenvalue weighted by molar-refractivity contribution is 0.109. The Morgan fingerprint density at radius 1 is 1.29 bits per heavy atom. The van der Waals surface area contributed by atoms with E-state index in [1.54, 1.807) is 6.07 Å². The average Bonchev–Trinajstić information content (AvgIpc) is 2.58. The highest BCUT2D eigenvalue weighted by molar-refractivity contribution is 9.10. The van der Waals surface area contributed by atoms with Gasteiger partial charge in [0.1, 0.15) is 0 Å². The van der Waals surface area contributed by atoms with Crippen LogP contribution in [0.25, 0.3) is 0 Å². The minimum atomic E-state index is 0.281. The van der Waals surface area contributed by atoms with Crippen LogP contribution >= 0.6 is 27.7 Å². The Morgan fingerprint density at radius 2 is 1.94 bits per heavy atom. The first kappa shape index (κ1) is 12.3. The third-order valence-electron chi connectivity index (χ3n) is 1.94. The number of carbonyl (C=O) groups excluding carboxylic acids is 1. The molecule has 0 atom stereocenters. The summed E-state index contributed by atoms with van der Waals surface area (Å²) in [5.74, 6) is 0.281. The Morgan fingerprint density at radius 3 is 2.47 bits per heavy atom. The summed E-state index contributed by atoms with van der Waals surface area (Å²) in [6.45, 7) is 3.82. The maximum Gasteiger partial charge on any atom is 0.195 e. The molecule has 0 aliphatic heterocycles. The summed E-state index contributed by atoms with van der Waals surface area (Å²) >= 11 is 4.61. The fourth-order valence-electron chi connectivity index (χ4n) is 1.32. The molecule has 0 radical (unpaired) electrons. The fourth-order valence-corrected chi connectivity index (χ4v) is 2.71. The lowest BCUT2D eigenvalue weighted by Crippen LogP contribution is -1.92. The Hall–Kier alpha value is -1.14. The molecule has 0 N–H and O–H groups in total. The first-order valence-corrected chi connectivity index (χ1v) is 6.44. The molecule has 88 valence electrons. The molecule has 0 spiro atoms. The van der Waals surface area contributed by atoms with Crippen LogP contribution in [0.1, 0.15) is 21.9 Å². The molecule has 0 saturated carbocycles. The Labute approximate surface area is 111 Å². The van der Waals surface area contributed by atoms with Gasteiger partial charge in [-0.1, -0.05) is 0 Å². The number of hydrogen-bond donors (Lipinski definition) is 0. The maximum absolute atomic E-state index is 10.6. The number of aldehydes is 1. The van der Waals surface area contributed by atoms with E-state index >= 15 is 0 Å². The summed E-state index contributed by atoms with van der Waals surface area (Å²) in [6.07, 6.45) is 0.664. The van der Waals surface area contributed by atoms with Gasteiger partial charge in [0.15, 0.2) is 22.3 Å². The van der Waals surface area contributed by atoms with Crippen LogP contribution < -0.4 is 0 Å². The Balaban J connectivity index is 2.30. The quantitative estimate of drug-likeness (QED) is 0.642. The summed E-state index contributed by atoms with van der Waals surface area (Å²) in [6, 6.07) is 3.52. The first-order valence-electron chi connectivity index (χ1n) is 4.83. The molecular formula is C11H9BrN2O2S. The number of carbonyl (C=O) groups is 1. The smallest absolute Gasteiger partial charge is 0.195 e. The second kappa shape index (κ2) is 5.01. The van der Waals surface area contributed by atoms with Crippen molar-refractivity contribution in [1.82, 2.24) is 9.97 Å². The van der Waals surface area contributed by atoms with Crippen molar-refractivity contribution in [3.05, 3.63) is 33.8 Å². The molecule has 17 heavy (non-hydrogen) atoms. The molecule has 0 aliphatic rings. The van der Waals surface area contributed by atoms with Crippen molar-refractivity contribution in [2.45, 2.75) is 24.1 Å². The van der Waals surface area contributed by atoms with Crippen LogP contribution in [0.15, 0.2) is 31.3 Å². The summed E-state index contributed by atoms with van der Waals surface area (Å²) in [5.41, 5.74) is 1.80. The molecule has 2 heterocycles. The molecule has 0 aliphatic carbocycles. The zero-order valence-corrected chi connectivity index (χ0v) is 11.6.